The van der Waals surface area contributed by atoms with Gasteiger partial charge < -0.3 is 9.32 Å². The topological polar surface area (TPSA) is 50.5 Å². The summed E-state index contributed by atoms with van der Waals surface area (Å²) >= 11 is 0. The summed E-state index contributed by atoms with van der Waals surface area (Å²) < 4.78 is 5.30. The number of carbonyl (C=O) groups is 1. The molecule has 0 spiro atoms. The molecule has 3 aromatic rings. The predicted molar refractivity (Wildman–Crippen MR) is 96.9 cm³/mol. The standard InChI is InChI=1S/C21H19NO3/c1-14-6-2-4-8-17(14)16-10-11-22(13-16)20(23)18-12-15-7-3-5-9-19(15)25-21(18)24/h2-9,12,16H,10-11,13H2,1H3/t16-/m1/s1. The van der Waals surface area contributed by atoms with Crippen LogP contribution >= 0.6 is 0 Å². The van der Waals surface area contributed by atoms with Gasteiger partial charge in [0.05, 0.1) is 0 Å². The van der Waals surface area contributed by atoms with Crippen LogP contribution in [0.2, 0.25) is 0 Å². The zero-order valence-electron chi connectivity index (χ0n) is 14.1. The Morgan fingerprint density at radius 2 is 1.88 bits per heavy atom. The SMILES string of the molecule is Cc1ccccc1[C@@H]1CCN(C(=O)c2cc3ccccc3oc2=O)C1. The number of hydrogen-bond donors (Lipinski definition) is 0. The summed E-state index contributed by atoms with van der Waals surface area (Å²) in [4.78, 5) is 26.8. The molecule has 2 heterocycles. The molecular weight excluding hydrogens is 314 g/mol. The lowest BCUT2D eigenvalue weighted by Crippen LogP contribution is -2.32. The van der Waals surface area contributed by atoms with Crippen LogP contribution in [0.25, 0.3) is 11.0 Å². The van der Waals surface area contributed by atoms with Crippen LogP contribution in [0.1, 0.15) is 33.8 Å². The molecule has 0 unspecified atom stereocenters. The van der Waals surface area contributed by atoms with E-state index in [1.807, 2.05) is 24.3 Å². The number of likely N-dealkylation sites (tertiary alicyclic amines) is 1. The fourth-order valence-corrected chi connectivity index (χ4v) is 3.62. The summed E-state index contributed by atoms with van der Waals surface area (Å²) in [5.74, 6) is 0.0771. The first-order chi connectivity index (χ1) is 12.1. The molecule has 4 heteroatoms. The molecule has 126 valence electrons. The summed E-state index contributed by atoms with van der Waals surface area (Å²) in [6, 6.07) is 17.2. The van der Waals surface area contributed by atoms with E-state index in [0.717, 1.165) is 11.8 Å². The average molecular weight is 333 g/mol. The van der Waals surface area contributed by atoms with Gasteiger partial charge in [-0.25, -0.2) is 4.79 Å². The largest absolute Gasteiger partial charge is 0.422 e. The van der Waals surface area contributed by atoms with Gasteiger partial charge >= 0.3 is 5.63 Å². The van der Waals surface area contributed by atoms with Crippen LogP contribution in [0.5, 0.6) is 0 Å². The van der Waals surface area contributed by atoms with Gasteiger partial charge in [0, 0.05) is 24.4 Å². The fourth-order valence-electron chi connectivity index (χ4n) is 3.62. The summed E-state index contributed by atoms with van der Waals surface area (Å²) in [5, 5.41) is 0.764. The molecule has 1 amide bonds. The number of hydrogen-bond acceptors (Lipinski definition) is 3. The van der Waals surface area contributed by atoms with Crippen LogP contribution in [0, 0.1) is 6.92 Å². The highest BCUT2D eigenvalue weighted by atomic mass is 16.4. The van der Waals surface area contributed by atoms with Gasteiger partial charge in [-0.05, 0) is 36.6 Å². The molecule has 1 saturated heterocycles. The van der Waals surface area contributed by atoms with E-state index in [1.165, 1.54) is 11.1 Å². The van der Waals surface area contributed by atoms with Crippen molar-refractivity contribution in [3.05, 3.63) is 81.7 Å². The lowest BCUT2D eigenvalue weighted by Gasteiger charge is -2.17. The van der Waals surface area contributed by atoms with Crippen LogP contribution in [0.3, 0.4) is 0 Å². The Bertz CT molecular complexity index is 1010. The minimum absolute atomic E-state index is 0.115. The maximum Gasteiger partial charge on any atom is 0.349 e. The third kappa shape index (κ3) is 2.84. The maximum atomic E-state index is 12.8. The second-order valence-electron chi connectivity index (χ2n) is 6.58. The van der Waals surface area contributed by atoms with Gasteiger partial charge in [0.25, 0.3) is 5.91 Å². The van der Waals surface area contributed by atoms with Gasteiger partial charge in [0.1, 0.15) is 11.1 Å². The van der Waals surface area contributed by atoms with Crippen molar-refractivity contribution >= 4 is 16.9 Å². The van der Waals surface area contributed by atoms with Gasteiger partial charge in [0.2, 0.25) is 0 Å². The molecule has 1 aliphatic rings. The number of benzene rings is 2. The molecule has 25 heavy (non-hydrogen) atoms. The monoisotopic (exact) mass is 333 g/mol. The normalized spacial score (nSPS) is 17.2. The van der Waals surface area contributed by atoms with E-state index in [1.54, 1.807) is 23.1 Å². The van der Waals surface area contributed by atoms with Crippen LogP contribution in [0.15, 0.2) is 63.8 Å². The highest BCUT2D eigenvalue weighted by Gasteiger charge is 2.30. The van der Waals surface area contributed by atoms with Crippen molar-refractivity contribution < 1.29 is 9.21 Å². The molecule has 0 aliphatic carbocycles. The highest BCUT2D eigenvalue weighted by Crippen LogP contribution is 2.30. The van der Waals surface area contributed by atoms with Crippen molar-refractivity contribution in [2.45, 2.75) is 19.3 Å². The van der Waals surface area contributed by atoms with Crippen molar-refractivity contribution in [2.24, 2.45) is 0 Å². The zero-order chi connectivity index (χ0) is 17.4. The molecule has 0 N–H and O–H groups in total. The quantitative estimate of drug-likeness (QED) is 0.672. The first-order valence-corrected chi connectivity index (χ1v) is 8.51. The molecule has 1 atom stereocenters. The van der Waals surface area contributed by atoms with Gasteiger partial charge in [-0.2, -0.15) is 0 Å². The number of carbonyl (C=O) groups excluding carboxylic acids is 1. The summed E-state index contributed by atoms with van der Waals surface area (Å²) in [5.41, 5.74) is 2.57. The molecule has 0 bridgehead atoms. The number of para-hydroxylation sites is 1. The Labute approximate surface area is 145 Å². The molecule has 4 rings (SSSR count). The summed E-state index contributed by atoms with van der Waals surface area (Å²) in [6.45, 7) is 3.39. The number of fused-ring (bicyclic) bond motifs is 1. The maximum absolute atomic E-state index is 12.8. The van der Waals surface area contributed by atoms with E-state index in [4.69, 9.17) is 4.42 Å². The molecular formula is C21H19NO3. The van der Waals surface area contributed by atoms with Crippen LogP contribution in [0.4, 0.5) is 0 Å². The molecule has 2 aromatic carbocycles. The van der Waals surface area contributed by atoms with E-state index in [2.05, 4.69) is 19.1 Å². The van der Waals surface area contributed by atoms with E-state index >= 15 is 0 Å². The molecule has 1 aliphatic heterocycles. The lowest BCUT2D eigenvalue weighted by molar-refractivity contribution is 0.0786. The highest BCUT2D eigenvalue weighted by molar-refractivity contribution is 5.96. The van der Waals surface area contributed by atoms with Gasteiger partial charge in [0.15, 0.2) is 0 Å². The zero-order valence-corrected chi connectivity index (χ0v) is 14.1. The van der Waals surface area contributed by atoms with Crippen LogP contribution in [-0.2, 0) is 0 Å². The van der Waals surface area contributed by atoms with Crippen molar-refractivity contribution in [2.75, 3.05) is 13.1 Å². The fraction of sp³-hybridized carbons (Fsp3) is 0.238. The molecule has 1 aromatic heterocycles. The first kappa shape index (κ1) is 15.6. The number of nitrogens with zero attached hydrogens (tertiary/aromatic N) is 1. The molecule has 0 saturated carbocycles. The van der Waals surface area contributed by atoms with Gasteiger partial charge in [-0.15, -0.1) is 0 Å². The third-order valence-electron chi connectivity index (χ3n) is 4.98. The third-order valence-corrected chi connectivity index (χ3v) is 4.98. The van der Waals surface area contributed by atoms with Crippen molar-refractivity contribution in [1.29, 1.82) is 0 Å². The molecule has 1 fully saturated rings. The lowest BCUT2D eigenvalue weighted by atomic mass is 9.94. The minimum atomic E-state index is -0.567. The van der Waals surface area contributed by atoms with Crippen LogP contribution in [-0.4, -0.2) is 23.9 Å². The smallest absolute Gasteiger partial charge is 0.349 e. The first-order valence-electron chi connectivity index (χ1n) is 8.51. The van der Waals surface area contributed by atoms with E-state index in [0.29, 0.717) is 24.6 Å². The van der Waals surface area contributed by atoms with Gasteiger partial charge in [-0.1, -0.05) is 42.5 Å². The van der Waals surface area contributed by atoms with E-state index in [-0.39, 0.29) is 11.5 Å². The minimum Gasteiger partial charge on any atom is -0.422 e. The Morgan fingerprint density at radius 1 is 1.12 bits per heavy atom. The Hall–Kier alpha value is -2.88. The van der Waals surface area contributed by atoms with Crippen molar-refractivity contribution in [3.63, 3.8) is 0 Å². The predicted octanol–water partition coefficient (Wildman–Crippen LogP) is 3.73. The molecule has 0 radical (unpaired) electrons. The summed E-state index contributed by atoms with van der Waals surface area (Å²) in [7, 11) is 0. The summed E-state index contributed by atoms with van der Waals surface area (Å²) in [6.07, 6.45) is 0.912. The molecule has 4 nitrogen and oxygen atoms in total. The van der Waals surface area contributed by atoms with Crippen molar-refractivity contribution in [3.8, 4) is 0 Å². The Balaban J connectivity index is 1.61. The van der Waals surface area contributed by atoms with Crippen molar-refractivity contribution in [1.82, 2.24) is 4.90 Å². The Morgan fingerprint density at radius 3 is 2.72 bits per heavy atom. The van der Waals surface area contributed by atoms with E-state index < -0.39 is 5.63 Å². The number of amides is 1. The van der Waals surface area contributed by atoms with Crippen LogP contribution < -0.4 is 5.63 Å². The number of rotatable bonds is 2. The average Bonchev–Trinajstić information content (AvgIpc) is 3.11. The second-order valence-corrected chi connectivity index (χ2v) is 6.58. The van der Waals surface area contributed by atoms with Gasteiger partial charge in [-0.3, -0.25) is 4.79 Å². The van der Waals surface area contributed by atoms with E-state index in [9.17, 15) is 9.59 Å². The Kier molecular flexibility index (Phi) is 3.88. The number of aryl methyl sites for hydroxylation is 1. The second kappa shape index (κ2) is 6.20.